The molecule has 0 spiro atoms. The van der Waals surface area contributed by atoms with E-state index in [1.54, 1.807) is 0 Å². The van der Waals surface area contributed by atoms with Gasteiger partial charge in [-0.2, -0.15) is 0 Å². The van der Waals surface area contributed by atoms with E-state index in [1.807, 2.05) is 30.0 Å². The summed E-state index contributed by atoms with van der Waals surface area (Å²) in [6, 6.07) is 5.60. The van der Waals surface area contributed by atoms with Gasteiger partial charge in [0.15, 0.2) is 0 Å². The van der Waals surface area contributed by atoms with Gasteiger partial charge in [0, 0.05) is 44.0 Å². The molecule has 1 aromatic carbocycles. The third-order valence-corrected chi connectivity index (χ3v) is 5.39. The molecule has 1 saturated carbocycles. The second-order valence-electron chi connectivity index (χ2n) is 7.17. The summed E-state index contributed by atoms with van der Waals surface area (Å²) in [6.07, 6.45) is 7.00. The number of nitrogen functional groups attached to an aromatic ring is 1. The number of hydrogen-bond donors (Lipinski definition) is 1. The first kappa shape index (κ1) is 22.1. The molecule has 1 saturated heterocycles. The van der Waals surface area contributed by atoms with Crippen LogP contribution in [0.15, 0.2) is 18.2 Å². The minimum Gasteiger partial charge on any atom is -0.399 e. The van der Waals surface area contributed by atoms with Gasteiger partial charge in [-0.25, -0.2) is 0 Å². The summed E-state index contributed by atoms with van der Waals surface area (Å²) in [5.74, 6) is 1.01. The fraction of sp³-hybridized carbons (Fsp3) is 0.632. The number of aryl methyl sites for hydroxylation is 1. The molecule has 0 radical (unpaired) electrons. The van der Waals surface area contributed by atoms with Crippen LogP contribution in [0.5, 0.6) is 0 Å². The van der Waals surface area contributed by atoms with E-state index >= 15 is 0 Å². The Hall–Kier alpha value is -0.970. The maximum absolute atomic E-state index is 12.7. The highest BCUT2D eigenvalue weighted by atomic mass is 35.5. The summed E-state index contributed by atoms with van der Waals surface area (Å²) in [4.78, 5) is 17.3. The van der Waals surface area contributed by atoms with Crippen LogP contribution < -0.4 is 5.73 Å². The molecule has 2 N–H and O–H groups in total. The largest absolute Gasteiger partial charge is 0.399 e. The van der Waals surface area contributed by atoms with Crippen LogP contribution in [0.3, 0.4) is 0 Å². The maximum Gasteiger partial charge on any atom is 0.254 e. The van der Waals surface area contributed by atoms with Crippen molar-refractivity contribution in [3.63, 3.8) is 0 Å². The number of nitrogens with two attached hydrogens (primary N) is 1. The van der Waals surface area contributed by atoms with Crippen LogP contribution in [0, 0.1) is 12.8 Å². The predicted octanol–water partition coefficient (Wildman–Crippen LogP) is 3.76. The first-order valence-corrected chi connectivity index (χ1v) is 9.01. The van der Waals surface area contributed by atoms with Crippen LogP contribution in [-0.4, -0.2) is 48.4 Å². The number of rotatable bonds is 3. The molecule has 2 fully saturated rings. The van der Waals surface area contributed by atoms with Crippen LogP contribution in [0.1, 0.15) is 48.0 Å². The van der Waals surface area contributed by atoms with Crippen molar-refractivity contribution in [2.45, 2.75) is 39.0 Å². The summed E-state index contributed by atoms with van der Waals surface area (Å²) in [5.41, 5.74) is 8.27. The molecule has 25 heavy (non-hydrogen) atoms. The quantitative estimate of drug-likeness (QED) is 0.803. The molecule has 1 aliphatic carbocycles. The highest BCUT2D eigenvalue weighted by Gasteiger charge is 2.25. The predicted molar refractivity (Wildman–Crippen MR) is 109 cm³/mol. The van der Waals surface area contributed by atoms with Crippen molar-refractivity contribution in [1.82, 2.24) is 9.80 Å². The van der Waals surface area contributed by atoms with Crippen molar-refractivity contribution in [2.75, 3.05) is 38.5 Å². The molecule has 4 nitrogen and oxygen atoms in total. The molecule has 1 aliphatic heterocycles. The monoisotopic (exact) mass is 387 g/mol. The molecule has 142 valence electrons. The molecule has 0 bridgehead atoms. The van der Waals surface area contributed by atoms with E-state index in [0.29, 0.717) is 5.69 Å². The smallest absolute Gasteiger partial charge is 0.254 e. The summed E-state index contributed by atoms with van der Waals surface area (Å²) >= 11 is 0. The molecule has 1 amide bonds. The number of nitrogens with zero attached hydrogens (tertiary/aromatic N) is 2. The van der Waals surface area contributed by atoms with E-state index in [0.717, 1.165) is 43.2 Å². The van der Waals surface area contributed by atoms with Crippen molar-refractivity contribution in [3.8, 4) is 0 Å². The van der Waals surface area contributed by atoms with Gasteiger partial charge in [-0.3, -0.25) is 9.69 Å². The SMILES string of the molecule is Cc1ccc(N)cc1C(=O)N1CCN(CC2CCCCC2)CC1.Cl.Cl. The molecule has 2 aliphatic rings. The Bertz CT molecular complexity index is 554. The first-order valence-electron chi connectivity index (χ1n) is 9.01. The number of amides is 1. The highest BCUT2D eigenvalue weighted by Crippen LogP contribution is 2.25. The molecule has 0 unspecified atom stereocenters. The molecule has 3 rings (SSSR count). The van der Waals surface area contributed by atoms with Crippen LogP contribution in [0.4, 0.5) is 5.69 Å². The van der Waals surface area contributed by atoms with Crippen LogP contribution in [-0.2, 0) is 0 Å². The third kappa shape index (κ3) is 5.77. The second kappa shape index (κ2) is 10.2. The lowest BCUT2D eigenvalue weighted by molar-refractivity contribution is 0.0605. The Kier molecular flexibility index (Phi) is 9.04. The fourth-order valence-electron chi connectivity index (χ4n) is 3.91. The van der Waals surface area contributed by atoms with Gasteiger partial charge in [0.25, 0.3) is 5.91 Å². The Morgan fingerprint density at radius 2 is 1.72 bits per heavy atom. The summed E-state index contributed by atoms with van der Waals surface area (Å²) in [7, 11) is 0. The van der Waals surface area contributed by atoms with Gasteiger partial charge >= 0.3 is 0 Å². The topological polar surface area (TPSA) is 49.6 Å². The zero-order valence-corrected chi connectivity index (χ0v) is 16.7. The van der Waals surface area contributed by atoms with Crippen molar-refractivity contribution < 1.29 is 4.79 Å². The Labute approximate surface area is 163 Å². The Balaban J connectivity index is 0.00000156. The van der Waals surface area contributed by atoms with Gasteiger partial charge in [-0.05, 0) is 43.4 Å². The number of halogens is 2. The van der Waals surface area contributed by atoms with E-state index in [2.05, 4.69) is 4.90 Å². The summed E-state index contributed by atoms with van der Waals surface area (Å²) < 4.78 is 0. The van der Waals surface area contributed by atoms with Gasteiger partial charge in [0.05, 0.1) is 0 Å². The molecule has 6 heteroatoms. The number of hydrogen-bond acceptors (Lipinski definition) is 3. The van der Waals surface area contributed by atoms with Gasteiger partial charge in [-0.1, -0.05) is 25.3 Å². The third-order valence-electron chi connectivity index (χ3n) is 5.39. The lowest BCUT2D eigenvalue weighted by Crippen LogP contribution is -2.50. The van der Waals surface area contributed by atoms with Crippen molar-refractivity contribution in [1.29, 1.82) is 0 Å². The zero-order valence-electron chi connectivity index (χ0n) is 15.1. The van der Waals surface area contributed by atoms with E-state index < -0.39 is 0 Å². The Morgan fingerprint density at radius 1 is 1.08 bits per heavy atom. The number of benzene rings is 1. The van der Waals surface area contributed by atoms with Gasteiger partial charge in [0.1, 0.15) is 0 Å². The van der Waals surface area contributed by atoms with Gasteiger partial charge in [-0.15, -0.1) is 24.8 Å². The van der Waals surface area contributed by atoms with Crippen molar-refractivity contribution in [2.24, 2.45) is 5.92 Å². The molecular formula is C19H31Cl2N3O. The molecule has 1 aromatic rings. The molecular weight excluding hydrogens is 357 g/mol. The maximum atomic E-state index is 12.7. The van der Waals surface area contributed by atoms with E-state index in [-0.39, 0.29) is 30.7 Å². The lowest BCUT2D eigenvalue weighted by Gasteiger charge is -2.37. The average Bonchev–Trinajstić information content (AvgIpc) is 2.58. The normalized spacial score (nSPS) is 19.0. The van der Waals surface area contributed by atoms with Crippen molar-refractivity contribution >= 4 is 36.4 Å². The molecule has 0 aromatic heterocycles. The number of carbonyl (C=O) groups excluding carboxylic acids is 1. The van der Waals surface area contributed by atoms with Crippen LogP contribution in [0.25, 0.3) is 0 Å². The molecule has 0 atom stereocenters. The lowest BCUT2D eigenvalue weighted by atomic mass is 9.89. The summed E-state index contributed by atoms with van der Waals surface area (Å²) in [6.45, 7) is 6.87. The number of carbonyl (C=O) groups is 1. The van der Waals surface area contributed by atoms with Gasteiger partial charge < -0.3 is 10.6 Å². The minimum atomic E-state index is 0. The van der Waals surface area contributed by atoms with E-state index in [9.17, 15) is 4.79 Å². The Morgan fingerprint density at radius 3 is 2.36 bits per heavy atom. The number of piperazine rings is 1. The first-order chi connectivity index (χ1) is 11.1. The fourth-order valence-corrected chi connectivity index (χ4v) is 3.91. The van der Waals surface area contributed by atoms with Crippen LogP contribution in [0.2, 0.25) is 0 Å². The minimum absolute atomic E-state index is 0. The van der Waals surface area contributed by atoms with Gasteiger partial charge in [0.2, 0.25) is 0 Å². The summed E-state index contributed by atoms with van der Waals surface area (Å²) in [5, 5.41) is 0. The number of anilines is 1. The van der Waals surface area contributed by atoms with E-state index in [4.69, 9.17) is 5.73 Å². The standard InChI is InChI=1S/C19H29N3O.2ClH/c1-15-7-8-17(20)13-18(15)19(23)22-11-9-21(10-12-22)14-16-5-3-2-4-6-16;;/h7-8,13,16H,2-6,9-12,14,20H2,1H3;2*1H. The van der Waals surface area contributed by atoms with Crippen molar-refractivity contribution in [3.05, 3.63) is 29.3 Å². The highest BCUT2D eigenvalue weighted by molar-refractivity contribution is 5.96. The molecule has 1 heterocycles. The van der Waals surface area contributed by atoms with E-state index in [1.165, 1.54) is 38.6 Å². The zero-order chi connectivity index (χ0) is 16.2. The second-order valence-corrected chi connectivity index (χ2v) is 7.17. The average molecular weight is 388 g/mol. The van der Waals surface area contributed by atoms with Crippen LogP contribution >= 0.6 is 24.8 Å².